The summed E-state index contributed by atoms with van der Waals surface area (Å²) in [6.07, 6.45) is 0. The Morgan fingerprint density at radius 3 is 2.87 bits per heavy atom. The first-order valence-electron chi connectivity index (χ1n) is 4.18. The minimum atomic E-state index is -0.188. The number of anilines is 1. The molecule has 0 aliphatic rings. The standard InChI is InChI=1S/C9H10N4O2/c1-6(14)11-7-3-4-9(15-2)8(5-7)12-13-10/h3-5H,1-2H3,(H,11,14). The lowest BCUT2D eigenvalue weighted by Gasteiger charge is -2.06. The van der Waals surface area contributed by atoms with Crippen LogP contribution in [-0.4, -0.2) is 13.0 Å². The molecular weight excluding hydrogens is 196 g/mol. The summed E-state index contributed by atoms with van der Waals surface area (Å²) in [5.74, 6) is 0.272. The van der Waals surface area contributed by atoms with Gasteiger partial charge in [0.2, 0.25) is 5.91 Å². The number of carbonyl (C=O) groups is 1. The number of amides is 1. The van der Waals surface area contributed by atoms with Gasteiger partial charge in [-0.25, -0.2) is 0 Å². The van der Waals surface area contributed by atoms with E-state index in [-0.39, 0.29) is 5.91 Å². The van der Waals surface area contributed by atoms with Gasteiger partial charge >= 0.3 is 0 Å². The summed E-state index contributed by atoms with van der Waals surface area (Å²) in [5.41, 5.74) is 9.23. The molecule has 78 valence electrons. The van der Waals surface area contributed by atoms with Crippen LogP contribution in [0.5, 0.6) is 5.75 Å². The number of nitrogens with one attached hydrogen (secondary N) is 1. The topological polar surface area (TPSA) is 87.1 Å². The second-order valence-electron chi connectivity index (χ2n) is 2.76. The lowest BCUT2D eigenvalue weighted by atomic mass is 10.2. The molecule has 0 aromatic heterocycles. The third-order valence-corrected chi connectivity index (χ3v) is 1.65. The minimum absolute atomic E-state index is 0.188. The van der Waals surface area contributed by atoms with Crippen LogP contribution in [0.4, 0.5) is 11.4 Å². The van der Waals surface area contributed by atoms with Crippen LogP contribution in [0.1, 0.15) is 6.92 Å². The highest BCUT2D eigenvalue weighted by Crippen LogP contribution is 2.30. The van der Waals surface area contributed by atoms with Crippen LogP contribution in [0.3, 0.4) is 0 Å². The average Bonchev–Trinajstić information content (AvgIpc) is 2.18. The molecule has 6 heteroatoms. The van der Waals surface area contributed by atoms with Crippen molar-refractivity contribution in [3.8, 4) is 5.75 Å². The van der Waals surface area contributed by atoms with Gasteiger partial charge in [-0.05, 0) is 23.7 Å². The highest BCUT2D eigenvalue weighted by atomic mass is 16.5. The molecule has 0 heterocycles. The van der Waals surface area contributed by atoms with Crippen LogP contribution in [0, 0.1) is 0 Å². The molecule has 15 heavy (non-hydrogen) atoms. The van der Waals surface area contributed by atoms with E-state index < -0.39 is 0 Å². The quantitative estimate of drug-likeness (QED) is 0.468. The number of carbonyl (C=O) groups excluding carboxylic acids is 1. The second kappa shape index (κ2) is 4.88. The van der Waals surface area contributed by atoms with Crippen molar-refractivity contribution in [2.24, 2.45) is 5.11 Å². The highest BCUT2D eigenvalue weighted by Gasteiger charge is 2.03. The monoisotopic (exact) mass is 206 g/mol. The molecular formula is C9H10N4O2. The summed E-state index contributed by atoms with van der Waals surface area (Å²) < 4.78 is 4.98. The van der Waals surface area contributed by atoms with Gasteiger partial charge in [-0.2, -0.15) is 0 Å². The second-order valence-corrected chi connectivity index (χ2v) is 2.76. The summed E-state index contributed by atoms with van der Waals surface area (Å²) in [5, 5.41) is 6.03. The molecule has 1 aromatic carbocycles. The average molecular weight is 206 g/mol. The highest BCUT2D eigenvalue weighted by molar-refractivity contribution is 5.89. The van der Waals surface area contributed by atoms with E-state index in [4.69, 9.17) is 10.3 Å². The fraction of sp³-hybridized carbons (Fsp3) is 0.222. The maximum Gasteiger partial charge on any atom is 0.221 e. The molecule has 0 radical (unpaired) electrons. The Morgan fingerprint density at radius 1 is 1.60 bits per heavy atom. The summed E-state index contributed by atoms with van der Waals surface area (Å²) in [4.78, 5) is 13.5. The molecule has 1 aromatic rings. The number of hydrogen-bond donors (Lipinski definition) is 1. The van der Waals surface area contributed by atoms with Crippen molar-refractivity contribution in [2.45, 2.75) is 6.92 Å². The fourth-order valence-electron chi connectivity index (χ4n) is 1.10. The van der Waals surface area contributed by atoms with Gasteiger partial charge in [-0.15, -0.1) is 0 Å². The molecule has 0 unspecified atom stereocenters. The van der Waals surface area contributed by atoms with Crippen molar-refractivity contribution in [3.63, 3.8) is 0 Å². The molecule has 1 N–H and O–H groups in total. The molecule has 0 aliphatic carbocycles. The third-order valence-electron chi connectivity index (χ3n) is 1.65. The van der Waals surface area contributed by atoms with E-state index in [2.05, 4.69) is 15.3 Å². The van der Waals surface area contributed by atoms with E-state index in [0.29, 0.717) is 17.1 Å². The molecule has 0 aliphatic heterocycles. The van der Waals surface area contributed by atoms with Crippen molar-refractivity contribution in [1.29, 1.82) is 0 Å². The Kier molecular flexibility index (Phi) is 3.54. The number of methoxy groups -OCH3 is 1. The van der Waals surface area contributed by atoms with E-state index in [1.165, 1.54) is 14.0 Å². The van der Waals surface area contributed by atoms with Gasteiger partial charge in [0.1, 0.15) is 5.75 Å². The van der Waals surface area contributed by atoms with Gasteiger partial charge in [-0.3, -0.25) is 4.79 Å². The van der Waals surface area contributed by atoms with Gasteiger partial charge in [0.25, 0.3) is 0 Å². The zero-order valence-electron chi connectivity index (χ0n) is 8.39. The number of hydrogen-bond acceptors (Lipinski definition) is 3. The maximum atomic E-state index is 10.8. The van der Waals surface area contributed by atoms with Gasteiger partial charge < -0.3 is 10.1 Å². The molecule has 1 rings (SSSR count). The Hall–Kier alpha value is -2.20. The van der Waals surface area contributed by atoms with Crippen LogP contribution in [0.25, 0.3) is 10.4 Å². The summed E-state index contributed by atoms with van der Waals surface area (Å²) >= 11 is 0. The van der Waals surface area contributed by atoms with Gasteiger partial charge in [0.15, 0.2) is 0 Å². The summed E-state index contributed by atoms with van der Waals surface area (Å²) in [6.45, 7) is 1.40. The van der Waals surface area contributed by atoms with Crippen molar-refractivity contribution in [1.82, 2.24) is 0 Å². The number of azide groups is 1. The van der Waals surface area contributed by atoms with Crippen molar-refractivity contribution < 1.29 is 9.53 Å². The number of nitrogens with zero attached hydrogens (tertiary/aromatic N) is 3. The van der Waals surface area contributed by atoms with Crippen LogP contribution in [0.15, 0.2) is 23.3 Å². The first-order valence-corrected chi connectivity index (χ1v) is 4.18. The van der Waals surface area contributed by atoms with Crippen LogP contribution >= 0.6 is 0 Å². The zero-order chi connectivity index (χ0) is 11.3. The molecule has 6 nitrogen and oxygen atoms in total. The Morgan fingerprint density at radius 2 is 2.33 bits per heavy atom. The van der Waals surface area contributed by atoms with E-state index in [9.17, 15) is 4.79 Å². The first-order chi connectivity index (χ1) is 7.17. The molecule has 0 spiro atoms. The Labute approximate surface area is 86.5 Å². The van der Waals surface area contributed by atoms with Gasteiger partial charge in [-0.1, -0.05) is 5.11 Å². The van der Waals surface area contributed by atoms with E-state index in [0.717, 1.165) is 0 Å². The predicted molar refractivity (Wildman–Crippen MR) is 56.1 cm³/mol. The number of ether oxygens (including phenoxy) is 1. The largest absolute Gasteiger partial charge is 0.496 e. The molecule has 0 bridgehead atoms. The van der Waals surface area contributed by atoms with E-state index in [1.807, 2.05) is 0 Å². The van der Waals surface area contributed by atoms with Gasteiger partial charge in [0, 0.05) is 17.5 Å². The molecule has 1 amide bonds. The predicted octanol–water partition coefficient (Wildman–Crippen LogP) is 2.60. The number of benzene rings is 1. The lowest BCUT2D eigenvalue weighted by Crippen LogP contribution is -2.05. The molecule has 0 fully saturated rings. The van der Waals surface area contributed by atoms with Crippen molar-refractivity contribution in [3.05, 3.63) is 28.6 Å². The summed E-state index contributed by atoms with van der Waals surface area (Å²) in [6, 6.07) is 4.83. The van der Waals surface area contributed by atoms with Crippen LogP contribution < -0.4 is 10.1 Å². The molecule has 0 saturated heterocycles. The van der Waals surface area contributed by atoms with Crippen LogP contribution in [-0.2, 0) is 4.79 Å². The van der Waals surface area contributed by atoms with Crippen molar-refractivity contribution in [2.75, 3.05) is 12.4 Å². The fourth-order valence-corrected chi connectivity index (χ4v) is 1.10. The normalized spacial score (nSPS) is 8.93. The molecule has 0 atom stereocenters. The minimum Gasteiger partial charge on any atom is -0.496 e. The maximum absolute atomic E-state index is 10.8. The van der Waals surface area contributed by atoms with Gasteiger partial charge in [0.05, 0.1) is 12.8 Å². The zero-order valence-corrected chi connectivity index (χ0v) is 8.39. The SMILES string of the molecule is COc1ccc(NC(C)=O)cc1N=[N+]=[N-]. The lowest BCUT2D eigenvalue weighted by molar-refractivity contribution is -0.114. The van der Waals surface area contributed by atoms with E-state index >= 15 is 0 Å². The Balaban J connectivity index is 3.09. The summed E-state index contributed by atoms with van der Waals surface area (Å²) in [7, 11) is 1.48. The van der Waals surface area contributed by atoms with Crippen LogP contribution in [0.2, 0.25) is 0 Å². The third kappa shape index (κ3) is 2.89. The smallest absolute Gasteiger partial charge is 0.221 e. The number of rotatable bonds is 3. The van der Waals surface area contributed by atoms with E-state index in [1.54, 1.807) is 18.2 Å². The Bertz CT molecular complexity index is 424. The van der Waals surface area contributed by atoms with Crippen molar-refractivity contribution >= 4 is 17.3 Å². The molecule has 0 saturated carbocycles. The first kappa shape index (κ1) is 10.9.